The summed E-state index contributed by atoms with van der Waals surface area (Å²) in [6.45, 7) is 0. The minimum absolute atomic E-state index is 0.0341. The zero-order chi connectivity index (χ0) is 25.5. The number of hydrogen-bond acceptors (Lipinski definition) is 3. The highest BCUT2D eigenvalue weighted by atomic mass is 79.9. The summed E-state index contributed by atoms with van der Waals surface area (Å²) in [7, 11) is 0. The van der Waals surface area contributed by atoms with Crippen LogP contribution in [0.1, 0.15) is 27.4 Å². The van der Waals surface area contributed by atoms with Crippen LogP contribution in [0.4, 0.5) is 15.8 Å². The Hall–Kier alpha value is -2.34. The Morgan fingerprint density at radius 1 is 1.03 bits per heavy atom. The lowest BCUT2D eigenvalue weighted by molar-refractivity contribution is -0.117. The summed E-state index contributed by atoms with van der Waals surface area (Å²) >= 11 is 28.5. The van der Waals surface area contributed by atoms with E-state index in [0.29, 0.717) is 10.6 Å². The number of benzene rings is 3. The Morgan fingerprint density at radius 2 is 1.77 bits per heavy atom. The lowest BCUT2D eigenvalue weighted by Gasteiger charge is -2.11. The zero-order valence-corrected chi connectivity index (χ0v) is 22.0. The lowest BCUT2D eigenvalue weighted by atomic mass is 10.1. The zero-order valence-electron chi connectivity index (χ0n) is 17.4. The molecule has 3 aromatic rings. The number of amides is 2. The van der Waals surface area contributed by atoms with Crippen LogP contribution in [0, 0.1) is 23.1 Å². The first-order valence-electron chi connectivity index (χ1n) is 9.96. The van der Waals surface area contributed by atoms with Crippen LogP contribution in [-0.4, -0.2) is 16.1 Å². The summed E-state index contributed by atoms with van der Waals surface area (Å²) in [4.78, 5) is 25.8. The fourth-order valence-corrected chi connectivity index (χ4v) is 5.64. The van der Waals surface area contributed by atoms with E-state index in [2.05, 4.69) is 26.6 Å². The molecular weight excluding hydrogens is 603 g/mol. The SMILES string of the molecule is N#Cc1cc(F)ccc1NC(=O)c1cc(NC(=O)[C@@H]2[C@@H](c3cc(Cl)cc(Br)c3)C2(Cl)Cl)ccc1Cl. The quantitative estimate of drug-likeness (QED) is 0.291. The Morgan fingerprint density at radius 3 is 2.46 bits per heavy atom. The van der Waals surface area contributed by atoms with Gasteiger partial charge < -0.3 is 10.6 Å². The van der Waals surface area contributed by atoms with Crippen molar-refractivity contribution in [1.82, 2.24) is 0 Å². The molecule has 0 heterocycles. The topological polar surface area (TPSA) is 82.0 Å². The molecule has 0 saturated heterocycles. The molecule has 11 heteroatoms. The first-order valence-corrected chi connectivity index (χ1v) is 12.3. The fraction of sp³-hybridized carbons (Fsp3) is 0.125. The van der Waals surface area contributed by atoms with Crippen molar-refractivity contribution in [1.29, 1.82) is 5.26 Å². The van der Waals surface area contributed by atoms with Crippen molar-refractivity contribution in [3.63, 3.8) is 0 Å². The maximum Gasteiger partial charge on any atom is 0.257 e. The normalized spacial score (nSPS) is 17.9. The molecule has 5 nitrogen and oxygen atoms in total. The summed E-state index contributed by atoms with van der Waals surface area (Å²) in [6, 6.07) is 14.7. The molecule has 0 bridgehead atoms. The predicted octanol–water partition coefficient (Wildman–Crippen LogP) is 7.54. The third-order valence-corrected chi connectivity index (χ3v) is 7.35. The largest absolute Gasteiger partial charge is 0.326 e. The second-order valence-electron chi connectivity index (χ2n) is 7.77. The second-order valence-corrected chi connectivity index (χ2v) is 11.0. The van der Waals surface area contributed by atoms with E-state index in [1.165, 1.54) is 24.3 Å². The highest BCUT2D eigenvalue weighted by molar-refractivity contribution is 9.10. The van der Waals surface area contributed by atoms with Crippen LogP contribution in [0.5, 0.6) is 0 Å². The van der Waals surface area contributed by atoms with E-state index in [-0.39, 0.29) is 27.5 Å². The lowest BCUT2D eigenvalue weighted by Crippen LogP contribution is -2.18. The first-order chi connectivity index (χ1) is 16.5. The van der Waals surface area contributed by atoms with Gasteiger partial charge in [0.2, 0.25) is 5.91 Å². The smallest absolute Gasteiger partial charge is 0.257 e. The summed E-state index contributed by atoms with van der Waals surface area (Å²) in [6.07, 6.45) is 0. The van der Waals surface area contributed by atoms with E-state index < -0.39 is 33.8 Å². The summed E-state index contributed by atoms with van der Waals surface area (Å²) in [5.74, 6) is -2.96. The van der Waals surface area contributed by atoms with Crippen molar-refractivity contribution in [2.45, 2.75) is 10.3 Å². The summed E-state index contributed by atoms with van der Waals surface area (Å²) in [5, 5.41) is 15.0. The number of nitriles is 1. The van der Waals surface area contributed by atoms with Crippen LogP contribution in [0.2, 0.25) is 10.0 Å². The number of nitrogens with zero attached hydrogens (tertiary/aromatic N) is 1. The Bertz CT molecular complexity index is 1390. The van der Waals surface area contributed by atoms with Crippen LogP contribution >= 0.6 is 62.3 Å². The van der Waals surface area contributed by atoms with E-state index in [9.17, 15) is 19.2 Å². The van der Waals surface area contributed by atoms with E-state index in [0.717, 1.165) is 16.6 Å². The van der Waals surface area contributed by atoms with Gasteiger partial charge in [0.05, 0.1) is 27.8 Å². The van der Waals surface area contributed by atoms with Crippen molar-refractivity contribution in [2.24, 2.45) is 5.92 Å². The molecule has 35 heavy (non-hydrogen) atoms. The molecule has 178 valence electrons. The van der Waals surface area contributed by atoms with Crippen molar-refractivity contribution >= 4 is 85.5 Å². The minimum atomic E-state index is -1.34. The predicted molar refractivity (Wildman–Crippen MR) is 139 cm³/mol. The molecule has 2 atom stereocenters. The Kier molecular flexibility index (Phi) is 7.33. The van der Waals surface area contributed by atoms with Crippen LogP contribution in [0.25, 0.3) is 0 Å². The van der Waals surface area contributed by atoms with Crippen LogP contribution in [0.15, 0.2) is 59.1 Å². The molecule has 1 aliphatic carbocycles. The number of halogens is 6. The average molecular weight is 616 g/mol. The first kappa shape index (κ1) is 25.7. The fourth-order valence-electron chi connectivity index (χ4n) is 3.73. The molecule has 0 radical (unpaired) electrons. The molecule has 1 saturated carbocycles. The van der Waals surface area contributed by atoms with Gasteiger partial charge in [-0.25, -0.2) is 4.39 Å². The molecular formula is C24H13BrCl4FN3O2. The van der Waals surface area contributed by atoms with Crippen molar-refractivity contribution in [3.8, 4) is 6.07 Å². The maximum atomic E-state index is 13.4. The Balaban J connectivity index is 1.53. The molecule has 4 rings (SSSR count). The minimum Gasteiger partial charge on any atom is -0.326 e. The molecule has 1 aliphatic rings. The second kappa shape index (κ2) is 9.96. The van der Waals surface area contributed by atoms with Gasteiger partial charge in [0.25, 0.3) is 5.91 Å². The molecule has 1 fully saturated rings. The van der Waals surface area contributed by atoms with Crippen molar-refractivity contribution < 1.29 is 14.0 Å². The number of nitrogens with one attached hydrogen (secondary N) is 2. The number of carbonyl (C=O) groups is 2. The van der Waals surface area contributed by atoms with Gasteiger partial charge in [-0.1, -0.05) is 39.1 Å². The number of anilines is 2. The highest BCUT2D eigenvalue weighted by Crippen LogP contribution is 2.65. The number of rotatable bonds is 5. The van der Waals surface area contributed by atoms with E-state index in [1.807, 2.05) is 6.07 Å². The third kappa shape index (κ3) is 5.42. The molecule has 0 aromatic heterocycles. The van der Waals surface area contributed by atoms with Gasteiger partial charge in [-0.05, 0) is 60.2 Å². The molecule has 2 N–H and O–H groups in total. The van der Waals surface area contributed by atoms with Crippen LogP contribution in [-0.2, 0) is 4.79 Å². The number of hydrogen-bond donors (Lipinski definition) is 2. The van der Waals surface area contributed by atoms with Crippen LogP contribution in [0.3, 0.4) is 0 Å². The van der Waals surface area contributed by atoms with Gasteiger partial charge in [-0.3, -0.25) is 9.59 Å². The summed E-state index contributed by atoms with van der Waals surface area (Å²) < 4.78 is 12.8. The molecule has 0 unspecified atom stereocenters. The Labute approximate surface area is 228 Å². The van der Waals surface area contributed by atoms with Crippen molar-refractivity contribution in [3.05, 3.63) is 91.6 Å². The molecule has 2 amide bonds. The van der Waals surface area contributed by atoms with E-state index >= 15 is 0 Å². The van der Waals surface area contributed by atoms with Crippen LogP contribution < -0.4 is 10.6 Å². The summed E-state index contributed by atoms with van der Waals surface area (Å²) in [5.41, 5.74) is 1.09. The van der Waals surface area contributed by atoms with Crippen molar-refractivity contribution in [2.75, 3.05) is 10.6 Å². The molecule has 0 aliphatic heterocycles. The molecule has 3 aromatic carbocycles. The monoisotopic (exact) mass is 613 g/mol. The van der Waals surface area contributed by atoms with Gasteiger partial charge in [0, 0.05) is 21.1 Å². The number of alkyl halides is 2. The number of carbonyl (C=O) groups excluding carboxylic acids is 2. The van der Waals surface area contributed by atoms with E-state index in [4.69, 9.17) is 46.4 Å². The highest BCUT2D eigenvalue weighted by Gasteiger charge is 2.67. The van der Waals surface area contributed by atoms with Gasteiger partial charge in [-0.15, -0.1) is 23.2 Å². The van der Waals surface area contributed by atoms with Gasteiger partial charge in [0.15, 0.2) is 0 Å². The van der Waals surface area contributed by atoms with Gasteiger partial charge in [-0.2, -0.15) is 5.26 Å². The average Bonchev–Trinajstić information content (AvgIpc) is 3.37. The standard InChI is InChI=1S/C24H13BrCl4FN3O2/c25-13-5-11(6-14(26)8-13)20-21(24(20,28)29)23(35)32-16-2-3-18(27)17(9-16)22(34)33-19-4-1-15(30)7-12(19)10-31/h1-9,20-21H,(H,32,35)(H,33,34)/t20-,21+/m1/s1. The third-order valence-electron chi connectivity index (χ3n) is 5.41. The van der Waals surface area contributed by atoms with Gasteiger partial charge in [0.1, 0.15) is 16.2 Å². The molecule has 0 spiro atoms. The van der Waals surface area contributed by atoms with Gasteiger partial charge >= 0.3 is 0 Å². The maximum absolute atomic E-state index is 13.4. The van der Waals surface area contributed by atoms with E-state index in [1.54, 1.807) is 18.2 Å².